The summed E-state index contributed by atoms with van der Waals surface area (Å²) in [6.07, 6.45) is 8.61. The highest BCUT2D eigenvalue weighted by molar-refractivity contribution is 5.82. The Hall–Kier alpha value is -2.49. The summed E-state index contributed by atoms with van der Waals surface area (Å²) >= 11 is 0. The lowest BCUT2D eigenvalue weighted by molar-refractivity contribution is 0.455. The van der Waals surface area contributed by atoms with Gasteiger partial charge in [0.05, 0.1) is 0 Å². The number of hydrogen-bond donors (Lipinski definition) is 0. The highest BCUT2D eigenvalue weighted by Crippen LogP contribution is 2.22. The molecule has 0 bridgehead atoms. The topological polar surface area (TPSA) is 30.2 Å². The van der Waals surface area contributed by atoms with Gasteiger partial charge in [0, 0.05) is 6.42 Å². The molecule has 3 rings (SSSR count). The lowest BCUT2D eigenvalue weighted by Gasteiger charge is -2.09. The molecule has 3 aromatic rings. The van der Waals surface area contributed by atoms with Gasteiger partial charge in [0.15, 0.2) is 0 Å². The fourth-order valence-electron chi connectivity index (χ4n) is 3.99. The van der Waals surface area contributed by atoms with Crippen molar-refractivity contribution in [3.05, 3.63) is 80.9 Å². The predicted octanol–water partition coefficient (Wildman–Crippen LogP) is 7.32. The SMILES string of the molecule is CCCCCc1cc2ccc(CCc3ccc(CCCCC)c(F)c3)c(F)c2c(=O)o1. The number of aryl methyl sites for hydroxylation is 4. The molecular weight excluding hydrogens is 394 g/mol. The zero-order chi connectivity index (χ0) is 22.2. The summed E-state index contributed by atoms with van der Waals surface area (Å²) in [5, 5.41) is 0.584. The van der Waals surface area contributed by atoms with Crippen molar-refractivity contribution in [3.63, 3.8) is 0 Å². The van der Waals surface area contributed by atoms with Crippen LogP contribution in [0.25, 0.3) is 10.8 Å². The molecule has 31 heavy (non-hydrogen) atoms. The van der Waals surface area contributed by atoms with E-state index >= 15 is 4.39 Å². The summed E-state index contributed by atoms with van der Waals surface area (Å²) in [5.74, 6) is -0.112. The van der Waals surface area contributed by atoms with Gasteiger partial charge in [-0.3, -0.25) is 0 Å². The molecule has 0 fully saturated rings. The summed E-state index contributed by atoms with van der Waals surface area (Å²) in [7, 11) is 0. The summed E-state index contributed by atoms with van der Waals surface area (Å²) in [4.78, 5) is 12.4. The first-order chi connectivity index (χ1) is 15.0. The standard InChI is InChI=1S/C27H32F2O2/c1-3-5-7-9-20-13-11-19(17-24(20)28)12-14-21-15-16-22-18-23(10-8-6-4-2)31-27(30)25(22)26(21)29/h11,13,15-18H,3-10,12,14H2,1-2H3. The van der Waals surface area contributed by atoms with E-state index in [0.717, 1.165) is 56.1 Å². The van der Waals surface area contributed by atoms with Crippen LogP contribution in [0.2, 0.25) is 0 Å². The van der Waals surface area contributed by atoms with Crippen molar-refractivity contribution in [3.8, 4) is 0 Å². The molecule has 0 amide bonds. The molecule has 0 aliphatic carbocycles. The Labute approximate surface area is 183 Å². The van der Waals surface area contributed by atoms with Crippen molar-refractivity contribution in [1.82, 2.24) is 0 Å². The predicted molar refractivity (Wildman–Crippen MR) is 123 cm³/mol. The largest absolute Gasteiger partial charge is 0.427 e. The molecule has 1 heterocycles. The monoisotopic (exact) mass is 426 g/mol. The Bertz CT molecular complexity index is 1070. The van der Waals surface area contributed by atoms with Crippen molar-refractivity contribution in [2.45, 2.75) is 78.1 Å². The van der Waals surface area contributed by atoms with Crippen molar-refractivity contribution in [2.75, 3.05) is 0 Å². The first-order valence-electron chi connectivity index (χ1n) is 11.5. The normalized spacial score (nSPS) is 11.4. The molecule has 0 spiro atoms. The van der Waals surface area contributed by atoms with E-state index in [-0.39, 0.29) is 11.2 Å². The highest BCUT2D eigenvalue weighted by Gasteiger charge is 2.14. The molecule has 2 nitrogen and oxygen atoms in total. The molecule has 0 N–H and O–H groups in total. The molecular formula is C27H32F2O2. The van der Waals surface area contributed by atoms with Gasteiger partial charge in [-0.25, -0.2) is 13.6 Å². The molecule has 0 aliphatic rings. The van der Waals surface area contributed by atoms with Crippen LogP contribution < -0.4 is 5.63 Å². The van der Waals surface area contributed by atoms with Crippen LogP contribution in [0.3, 0.4) is 0 Å². The van der Waals surface area contributed by atoms with Crippen molar-refractivity contribution < 1.29 is 13.2 Å². The average Bonchev–Trinajstić information content (AvgIpc) is 2.75. The summed E-state index contributed by atoms with van der Waals surface area (Å²) in [6.45, 7) is 4.24. The van der Waals surface area contributed by atoms with Crippen LogP contribution in [0.4, 0.5) is 8.78 Å². The van der Waals surface area contributed by atoms with Gasteiger partial charge >= 0.3 is 5.63 Å². The molecule has 0 saturated carbocycles. The first kappa shape index (κ1) is 23.2. The Balaban J connectivity index is 1.72. The smallest absolute Gasteiger partial charge is 0.346 e. The van der Waals surface area contributed by atoms with Crippen molar-refractivity contribution in [2.24, 2.45) is 0 Å². The lowest BCUT2D eigenvalue weighted by Crippen LogP contribution is -2.07. The molecule has 0 radical (unpaired) electrons. The van der Waals surface area contributed by atoms with Gasteiger partial charge in [0.2, 0.25) is 0 Å². The van der Waals surface area contributed by atoms with E-state index in [2.05, 4.69) is 13.8 Å². The zero-order valence-electron chi connectivity index (χ0n) is 18.6. The van der Waals surface area contributed by atoms with Gasteiger partial charge in [-0.15, -0.1) is 0 Å². The molecule has 1 aromatic heterocycles. The second-order valence-corrected chi connectivity index (χ2v) is 8.34. The molecule has 4 heteroatoms. The van der Waals surface area contributed by atoms with Crippen LogP contribution in [-0.4, -0.2) is 0 Å². The van der Waals surface area contributed by atoms with Gasteiger partial charge in [0.1, 0.15) is 22.8 Å². The van der Waals surface area contributed by atoms with E-state index < -0.39 is 11.4 Å². The summed E-state index contributed by atoms with van der Waals surface area (Å²) < 4.78 is 34.8. The average molecular weight is 427 g/mol. The van der Waals surface area contributed by atoms with Gasteiger partial charge < -0.3 is 4.42 Å². The lowest BCUT2D eigenvalue weighted by atomic mass is 9.99. The Morgan fingerprint density at radius 2 is 1.48 bits per heavy atom. The second-order valence-electron chi connectivity index (χ2n) is 8.34. The second kappa shape index (κ2) is 11.2. The molecule has 0 unspecified atom stereocenters. The molecule has 0 saturated heterocycles. The van der Waals surface area contributed by atoms with Crippen LogP contribution in [0.15, 0.2) is 45.6 Å². The third-order valence-electron chi connectivity index (χ3n) is 5.88. The minimum atomic E-state index is -0.620. The molecule has 0 aliphatic heterocycles. The number of rotatable bonds is 11. The Kier molecular flexibility index (Phi) is 8.39. The van der Waals surface area contributed by atoms with E-state index in [9.17, 15) is 9.18 Å². The molecule has 166 valence electrons. The van der Waals surface area contributed by atoms with E-state index in [0.29, 0.717) is 36.0 Å². The van der Waals surface area contributed by atoms with Crippen molar-refractivity contribution >= 4 is 10.8 Å². The number of benzene rings is 2. The van der Waals surface area contributed by atoms with E-state index in [4.69, 9.17) is 4.42 Å². The van der Waals surface area contributed by atoms with Crippen molar-refractivity contribution in [1.29, 1.82) is 0 Å². The van der Waals surface area contributed by atoms with Crippen LogP contribution in [0.1, 0.15) is 74.8 Å². The van der Waals surface area contributed by atoms with Crippen LogP contribution >= 0.6 is 0 Å². The van der Waals surface area contributed by atoms with Gasteiger partial charge in [0.25, 0.3) is 0 Å². The molecule has 2 aromatic carbocycles. The van der Waals surface area contributed by atoms with Crippen LogP contribution in [-0.2, 0) is 25.7 Å². The number of fused-ring (bicyclic) bond motifs is 1. The van der Waals surface area contributed by atoms with Gasteiger partial charge in [-0.1, -0.05) is 63.8 Å². The maximum absolute atomic E-state index is 15.1. The maximum atomic E-state index is 15.1. The first-order valence-corrected chi connectivity index (χ1v) is 11.5. The zero-order valence-corrected chi connectivity index (χ0v) is 18.6. The fourth-order valence-corrected chi connectivity index (χ4v) is 3.99. The van der Waals surface area contributed by atoms with E-state index in [1.807, 2.05) is 12.1 Å². The third-order valence-corrected chi connectivity index (χ3v) is 5.88. The van der Waals surface area contributed by atoms with Gasteiger partial charge in [-0.2, -0.15) is 0 Å². The number of unbranched alkanes of at least 4 members (excludes halogenated alkanes) is 4. The van der Waals surface area contributed by atoms with E-state index in [1.165, 1.54) is 0 Å². The summed E-state index contributed by atoms with van der Waals surface area (Å²) in [6, 6.07) is 10.6. The minimum Gasteiger partial charge on any atom is -0.427 e. The summed E-state index contributed by atoms with van der Waals surface area (Å²) in [5.41, 5.74) is 1.40. The highest BCUT2D eigenvalue weighted by atomic mass is 19.1. The maximum Gasteiger partial charge on any atom is 0.346 e. The van der Waals surface area contributed by atoms with Crippen LogP contribution in [0, 0.1) is 11.6 Å². The van der Waals surface area contributed by atoms with Crippen LogP contribution in [0.5, 0.6) is 0 Å². The number of halogens is 2. The van der Waals surface area contributed by atoms with Gasteiger partial charge in [-0.05, 0) is 66.3 Å². The van der Waals surface area contributed by atoms with E-state index in [1.54, 1.807) is 24.3 Å². The minimum absolute atomic E-state index is 0.00851. The molecule has 0 atom stereocenters. The Morgan fingerprint density at radius 3 is 2.19 bits per heavy atom. The Morgan fingerprint density at radius 1 is 0.774 bits per heavy atom. The third kappa shape index (κ3) is 6.03. The number of hydrogen-bond acceptors (Lipinski definition) is 2. The quantitative estimate of drug-likeness (QED) is 0.301. The fraction of sp³-hybridized carbons (Fsp3) is 0.444.